The molecule has 7 nitrogen and oxygen atoms in total. The van der Waals surface area contributed by atoms with Gasteiger partial charge in [-0.05, 0) is 18.2 Å². The summed E-state index contributed by atoms with van der Waals surface area (Å²) in [6.45, 7) is 4.29. The molecule has 1 amide bonds. The molecule has 1 aromatic heterocycles. The van der Waals surface area contributed by atoms with E-state index < -0.39 is 0 Å². The van der Waals surface area contributed by atoms with Gasteiger partial charge in [0.15, 0.2) is 11.5 Å². The van der Waals surface area contributed by atoms with Gasteiger partial charge < -0.3 is 19.2 Å². The Morgan fingerprint density at radius 3 is 2.86 bits per heavy atom. The van der Waals surface area contributed by atoms with Gasteiger partial charge in [0.1, 0.15) is 0 Å². The minimum absolute atomic E-state index is 0.163. The normalized spacial score (nSPS) is 12.7. The molecule has 2 aromatic rings. The highest BCUT2D eigenvalue weighted by Gasteiger charge is 2.17. The zero-order valence-corrected chi connectivity index (χ0v) is 11.8. The van der Waals surface area contributed by atoms with E-state index >= 15 is 0 Å². The molecule has 0 atom stereocenters. The number of carbonyl (C=O) groups excluding carboxylic acids is 1. The maximum absolute atomic E-state index is 12.1. The van der Waals surface area contributed by atoms with E-state index in [1.54, 1.807) is 18.2 Å². The van der Waals surface area contributed by atoms with E-state index in [0.29, 0.717) is 28.8 Å². The van der Waals surface area contributed by atoms with Crippen molar-refractivity contribution in [3.8, 4) is 11.5 Å². The lowest BCUT2D eigenvalue weighted by Crippen LogP contribution is -2.22. The molecule has 0 aliphatic carbocycles. The second-order valence-electron chi connectivity index (χ2n) is 4.94. The average Bonchev–Trinajstić information content (AvgIpc) is 3.12. The Bertz CT molecular complexity index is 666. The number of aromatic nitrogens is 2. The van der Waals surface area contributed by atoms with Crippen molar-refractivity contribution in [3.05, 3.63) is 35.5 Å². The largest absolute Gasteiger partial charge is 0.454 e. The number of carbonyl (C=O) groups is 1. The van der Waals surface area contributed by atoms with Crippen LogP contribution in [0.4, 0.5) is 0 Å². The third-order valence-corrected chi connectivity index (χ3v) is 3.01. The first kappa shape index (κ1) is 13.4. The number of hydrogen-bond donors (Lipinski definition) is 1. The third kappa shape index (κ3) is 2.81. The molecule has 3 rings (SSSR count). The first-order chi connectivity index (χ1) is 10.1. The van der Waals surface area contributed by atoms with Crippen LogP contribution in [0.5, 0.6) is 11.5 Å². The quantitative estimate of drug-likeness (QED) is 0.924. The van der Waals surface area contributed by atoms with Gasteiger partial charge in [0.05, 0.1) is 6.54 Å². The molecule has 0 fully saturated rings. The van der Waals surface area contributed by atoms with E-state index in [1.807, 2.05) is 13.8 Å². The molecule has 0 unspecified atom stereocenters. The lowest BCUT2D eigenvalue weighted by Gasteiger charge is -2.03. The summed E-state index contributed by atoms with van der Waals surface area (Å²) < 4.78 is 15.9. The molecule has 1 aliphatic rings. The lowest BCUT2D eigenvalue weighted by atomic mass is 10.2. The van der Waals surface area contributed by atoms with E-state index in [9.17, 15) is 4.79 Å². The van der Waals surface area contributed by atoms with Crippen LogP contribution in [0.2, 0.25) is 0 Å². The second kappa shape index (κ2) is 5.43. The number of fused-ring (bicyclic) bond motifs is 1. The number of rotatable bonds is 4. The number of hydrogen-bond acceptors (Lipinski definition) is 6. The van der Waals surface area contributed by atoms with Crippen LogP contribution in [0.25, 0.3) is 0 Å². The lowest BCUT2D eigenvalue weighted by molar-refractivity contribution is 0.0946. The first-order valence-corrected chi connectivity index (χ1v) is 6.63. The first-order valence-electron chi connectivity index (χ1n) is 6.63. The van der Waals surface area contributed by atoms with Crippen molar-refractivity contribution in [1.29, 1.82) is 0 Å². The Morgan fingerprint density at radius 2 is 2.10 bits per heavy atom. The molecule has 0 saturated heterocycles. The summed E-state index contributed by atoms with van der Waals surface area (Å²) in [7, 11) is 0. The third-order valence-electron chi connectivity index (χ3n) is 3.01. The van der Waals surface area contributed by atoms with E-state index in [4.69, 9.17) is 13.9 Å². The van der Waals surface area contributed by atoms with Crippen molar-refractivity contribution in [1.82, 2.24) is 15.5 Å². The van der Waals surface area contributed by atoms with Crippen molar-refractivity contribution < 1.29 is 18.7 Å². The van der Waals surface area contributed by atoms with Crippen molar-refractivity contribution in [2.24, 2.45) is 0 Å². The minimum atomic E-state index is -0.238. The summed E-state index contributed by atoms with van der Waals surface area (Å²) in [6, 6.07) is 5.03. The van der Waals surface area contributed by atoms with Gasteiger partial charge in [-0.1, -0.05) is 13.8 Å². The van der Waals surface area contributed by atoms with Crippen LogP contribution < -0.4 is 14.8 Å². The molecule has 7 heteroatoms. The molecular weight excluding hydrogens is 274 g/mol. The van der Waals surface area contributed by atoms with Crippen LogP contribution in [-0.4, -0.2) is 22.9 Å². The molecule has 1 aliphatic heterocycles. The van der Waals surface area contributed by atoms with Crippen molar-refractivity contribution >= 4 is 5.91 Å². The highest BCUT2D eigenvalue weighted by Crippen LogP contribution is 2.32. The maximum Gasteiger partial charge on any atom is 0.251 e. The fraction of sp³-hybridized carbons (Fsp3) is 0.357. The number of nitrogens with one attached hydrogen (secondary N) is 1. The van der Waals surface area contributed by atoms with Crippen LogP contribution in [0.1, 0.15) is 41.9 Å². The van der Waals surface area contributed by atoms with Crippen molar-refractivity contribution in [2.75, 3.05) is 6.79 Å². The van der Waals surface area contributed by atoms with Crippen LogP contribution in [0.3, 0.4) is 0 Å². The van der Waals surface area contributed by atoms with Crippen LogP contribution in [0.15, 0.2) is 22.6 Å². The summed E-state index contributed by atoms with van der Waals surface area (Å²) in [4.78, 5) is 12.1. The maximum atomic E-state index is 12.1. The van der Waals surface area contributed by atoms with E-state index in [-0.39, 0.29) is 25.2 Å². The highest BCUT2D eigenvalue weighted by molar-refractivity contribution is 5.94. The highest BCUT2D eigenvalue weighted by atomic mass is 16.7. The fourth-order valence-electron chi connectivity index (χ4n) is 1.87. The molecule has 0 saturated carbocycles. The summed E-state index contributed by atoms with van der Waals surface area (Å²) in [6.07, 6.45) is 0. The van der Waals surface area contributed by atoms with Gasteiger partial charge in [-0.15, -0.1) is 10.2 Å². The molecule has 0 radical (unpaired) electrons. The zero-order chi connectivity index (χ0) is 14.8. The minimum Gasteiger partial charge on any atom is -0.454 e. The molecule has 1 aromatic carbocycles. The summed E-state index contributed by atoms with van der Waals surface area (Å²) in [5, 5.41) is 10.5. The Balaban J connectivity index is 1.63. The monoisotopic (exact) mass is 289 g/mol. The van der Waals surface area contributed by atoms with Gasteiger partial charge >= 0.3 is 0 Å². The smallest absolute Gasteiger partial charge is 0.251 e. The molecule has 1 N–H and O–H groups in total. The SMILES string of the molecule is CC(C)c1nnc(CNC(=O)c2ccc3c(c2)OCO3)o1. The van der Waals surface area contributed by atoms with Gasteiger partial charge in [-0.2, -0.15) is 0 Å². The van der Waals surface area contributed by atoms with Crippen molar-refractivity contribution in [2.45, 2.75) is 26.3 Å². The molecule has 0 spiro atoms. The molecule has 2 heterocycles. The Hall–Kier alpha value is -2.57. The van der Waals surface area contributed by atoms with Crippen molar-refractivity contribution in [3.63, 3.8) is 0 Å². The Labute approximate surface area is 121 Å². The van der Waals surface area contributed by atoms with Gasteiger partial charge in [-0.3, -0.25) is 4.79 Å². The molecular formula is C14H15N3O4. The summed E-state index contributed by atoms with van der Waals surface area (Å²) in [5.41, 5.74) is 0.489. The number of nitrogens with zero attached hydrogens (tertiary/aromatic N) is 2. The van der Waals surface area contributed by atoms with Gasteiger partial charge in [0.2, 0.25) is 18.6 Å². The average molecular weight is 289 g/mol. The number of ether oxygens (including phenoxy) is 2. The summed E-state index contributed by atoms with van der Waals surface area (Å²) in [5.74, 6) is 2.08. The standard InChI is InChI=1S/C14H15N3O4/c1-8(2)14-17-16-12(21-14)6-15-13(18)9-3-4-10-11(5-9)20-7-19-10/h3-5,8H,6-7H2,1-2H3,(H,15,18). The zero-order valence-electron chi connectivity index (χ0n) is 11.8. The van der Waals surface area contributed by atoms with E-state index in [0.717, 1.165) is 0 Å². The Kier molecular flexibility index (Phi) is 3.47. The topological polar surface area (TPSA) is 86.5 Å². The van der Waals surface area contributed by atoms with Gasteiger partial charge in [0.25, 0.3) is 5.91 Å². The van der Waals surface area contributed by atoms with Gasteiger partial charge in [0, 0.05) is 11.5 Å². The molecule has 21 heavy (non-hydrogen) atoms. The molecule has 0 bridgehead atoms. The van der Waals surface area contributed by atoms with E-state index in [1.165, 1.54) is 0 Å². The van der Waals surface area contributed by atoms with E-state index in [2.05, 4.69) is 15.5 Å². The fourth-order valence-corrected chi connectivity index (χ4v) is 1.87. The van der Waals surface area contributed by atoms with Gasteiger partial charge in [-0.25, -0.2) is 0 Å². The molecule has 110 valence electrons. The van der Waals surface area contributed by atoms with Crippen LogP contribution in [0, 0.1) is 0 Å². The second-order valence-corrected chi connectivity index (χ2v) is 4.94. The van der Waals surface area contributed by atoms with Crippen LogP contribution >= 0.6 is 0 Å². The predicted molar refractivity (Wildman–Crippen MR) is 72.1 cm³/mol. The van der Waals surface area contributed by atoms with Crippen LogP contribution in [-0.2, 0) is 6.54 Å². The summed E-state index contributed by atoms with van der Waals surface area (Å²) >= 11 is 0. The number of benzene rings is 1. The predicted octanol–water partition coefficient (Wildman–Crippen LogP) is 1.85. The Morgan fingerprint density at radius 1 is 1.29 bits per heavy atom. The number of amides is 1.